The Kier molecular flexibility index (Phi) is 4.77. The highest BCUT2D eigenvalue weighted by Gasteiger charge is 2.36. The molecule has 1 aromatic carbocycles. The number of aryl methyl sites for hydroxylation is 1. The number of amides is 2. The maximum absolute atomic E-state index is 12.1. The van der Waals surface area contributed by atoms with Crippen molar-refractivity contribution in [3.63, 3.8) is 0 Å². The summed E-state index contributed by atoms with van der Waals surface area (Å²) in [6, 6.07) is 8.39. The lowest BCUT2D eigenvalue weighted by Gasteiger charge is -2.12. The predicted octanol–water partition coefficient (Wildman–Crippen LogP) is 1.94. The minimum Gasteiger partial charge on any atom is -0.384 e. The van der Waals surface area contributed by atoms with Crippen LogP contribution in [-0.4, -0.2) is 39.2 Å². The molecule has 2 amide bonds. The fourth-order valence-corrected chi connectivity index (χ4v) is 2.98. The van der Waals surface area contributed by atoms with Gasteiger partial charge in [0.05, 0.1) is 17.7 Å². The van der Waals surface area contributed by atoms with Crippen LogP contribution in [0.2, 0.25) is 0 Å². The molecule has 2 N–H and O–H groups in total. The number of fused-ring (bicyclic) bond motifs is 1. The van der Waals surface area contributed by atoms with Gasteiger partial charge in [-0.2, -0.15) is 0 Å². The second-order valence-electron chi connectivity index (χ2n) is 5.05. The Bertz CT molecular complexity index is 762. The molecule has 0 radical (unpaired) electrons. The summed E-state index contributed by atoms with van der Waals surface area (Å²) in [7, 11) is 0. The normalized spacial score (nSPS) is 13.5. The number of thioether (sulfide) groups is 1. The average Bonchev–Trinajstić information content (AvgIpc) is 2.83. The Morgan fingerprint density at radius 2 is 1.83 bits per heavy atom. The molecule has 0 saturated heterocycles. The maximum Gasteiger partial charge on any atom is 0.285 e. The van der Waals surface area contributed by atoms with Crippen LogP contribution in [-0.2, 0) is 11.3 Å². The molecule has 0 fully saturated rings. The number of benzene rings is 1. The molecule has 0 aliphatic carbocycles. The van der Waals surface area contributed by atoms with Crippen LogP contribution in [0.25, 0.3) is 0 Å². The Morgan fingerprint density at radius 1 is 1.17 bits per heavy atom. The zero-order valence-corrected chi connectivity index (χ0v) is 13.9. The first-order chi connectivity index (χ1) is 11.6. The molecule has 0 spiro atoms. The fourth-order valence-electron chi connectivity index (χ4n) is 2.29. The van der Waals surface area contributed by atoms with Gasteiger partial charge in [0.1, 0.15) is 5.82 Å². The van der Waals surface area contributed by atoms with Gasteiger partial charge in [0.25, 0.3) is 11.8 Å². The van der Waals surface area contributed by atoms with Crippen LogP contribution in [0.3, 0.4) is 0 Å². The quantitative estimate of drug-likeness (QED) is 0.370. The third kappa shape index (κ3) is 3.24. The Hall–Kier alpha value is -2.45. The van der Waals surface area contributed by atoms with E-state index in [0.29, 0.717) is 27.9 Å². The number of imide groups is 1. The summed E-state index contributed by atoms with van der Waals surface area (Å²) in [6.45, 7) is 2.16. The van der Waals surface area contributed by atoms with E-state index in [-0.39, 0.29) is 6.61 Å². The molecule has 2 heterocycles. The highest BCUT2D eigenvalue weighted by molar-refractivity contribution is 7.99. The van der Waals surface area contributed by atoms with Crippen LogP contribution in [0.4, 0.5) is 5.82 Å². The number of hydroxylamine groups is 2. The SMILES string of the molecule is CCc1cc(N)nc(SCCON2C(=O)c3ccccc3C2=O)n1. The molecule has 7 nitrogen and oxygen atoms in total. The van der Waals surface area contributed by atoms with E-state index in [1.807, 2.05) is 6.92 Å². The van der Waals surface area contributed by atoms with Gasteiger partial charge in [0.15, 0.2) is 5.16 Å². The topological polar surface area (TPSA) is 98.4 Å². The van der Waals surface area contributed by atoms with Crippen molar-refractivity contribution in [2.45, 2.75) is 18.5 Å². The molecule has 0 saturated carbocycles. The number of carbonyl (C=O) groups excluding carboxylic acids is 2. The standard InChI is InChI=1S/C16H16N4O3S/c1-2-10-9-13(17)19-16(18-10)24-8-7-23-20-14(21)11-5-3-4-6-12(11)15(20)22/h3-6,9H,2,7-8H2,1H3,(H2,17,18,19). The van der Waals surface area contributed by atoms with Crippen molar-refractivity contribution >= 4 is 29.4 Å². The van der Waals surface area contributed by atoms with Crippen molar-refractivity contribution in [1.29, 1.82) is 0 Å². The van der Waals surface area contributed by atoms with Crippen LogP contribution < -0.4 is 5.73 Å². The molecule has 1 aliphatic heterocycles. The number of rotatable bonds is 6. The zero-order chi connectivity index (χ0) is 17.1. The monoisotopic (exact) mass is 344 g/mol. The largest absolute Gasteiger partial charge is 0.384 e. The molecule has 0 unspecified atom stereocenters. The summed E-state index contributed by atoms with van der Waals surface area (Å²) in [5, 5.41) is 1.36. The highest BCUT2D eigenvalue weighted by Crippen LogP contribution is 2.23. The second kappa shape index (κ2) is 6.98. The number of carbonyl (C=O) groups is 2. The first kappa shape index (κ1) is 16.4. The zero-order valence-electron chi connectivity index (χ0n) is 13.1. The van der Waals surface area contributed by atoms with E-state index in [1.54, 1.807) is 30.3 Å². The van der Waals surface area contributed by atoms with Crippen LogP contribution in [0.1, 0.15) is 33.3 Å². The number of hydrogen-bond acceptors (Lipinski definition) is 7. The molecule has 1 aromatic heterocycles. The molecule has 24 heavy (non-hydrogen) atoms. The van der Waals surface area contributed by atoms with Crippen molar-refractivity contribution in [1.82, 2.24) is 15.0 Å². The highest BCUT2D eigenvalue weighted by atomic mass is 32.2. The van der Waals surface area contributed by atoms with Crippen molar-refractivity contribution < 1.29 is 14.4 Å². The van der Waals surface area contributed by atoms with Crippen molar-refractivity contribution in [3.8, 4) is 0 Å². The molecular weight excluding hydrogens is 328 g/mol. The smallest absolute Gasteiger partial charge is 0.285 e. The number of anilines is 1. The molecule has 0 bridgehead atoms. The van der Waals surface area contributed by atoms with Gasteiger partial charge < -0.3 is 5.73 Å². The maximum atomic E-state index is 12.1. The molecule has 2 aromatic rings. The summed E-state index contributed by atoms with van der Waals surface area (Å²) < 4.78 is 0. The minimum atomic E-state index is -0.436. The third-order valence-corrected chi connectivity index (χ3v) is 4.24. The Balaban J connectivity index is 1.55. The van der Waals surface area contributed by atoms with Crippen LogP contribution >= 0.6 is 11.8 Å². The van der Waals surface area contributed by atoms with Gasteiger partial charge in [0, 0.05) is 17.5 Å². The van der Waals surface area contributed by atoms with Gasteiger partial charge >= 0.3 is 0 Å². The summed E-state index contributed by atoms with van der Waals surface area (Å²) in [5.74, 6) is 0.0359. The number of hydrogen-bond donors (Lipinski definition) is 1. The predicted molar refractivity (Wildman–Crippen MR) is 89.4 cm³/mol. The molecule has 124 valence electrons. The van der Waals surface area contributed by atoms with Crippen LogP contribution in [0.15, 0.2) is 35.5 Å². The van der Waals surface area contributed by atoms with E-state index in [4.69, 9.17) is 10.6 Å². The lowest BCUT2D eigenvalue weighted by atomic mass is 10.1. The van der Waals surface area contributed by atoms with E-state index in [2.05, 4.69) is 9.97 Å². The summed E-state index contributed by atoms with van der Waals surface area (Å²) >= 11 is 1.36. The molecular formula is C16H16N4O3S. The van der Waals surface area contributed by atoms with Gasteiger partial charge in [-0.25, -0.2) is 9.97 Å². The van der Waals surface area contributed by atoms with Gasteiger partial charge in [0.2, 0.25) is 0 Å². The fraction of sp³-hybridized carbons (Fsp3) is 0.250. The van der Waals surface area contributed by atoms with Gasteiger partial charge in [-0.3, -0.25) is 14.4 Å². The van der Waals surface area contributed by atoms with Crippen molar-refractivity contribution in [2.24, 2.45) is 0 Å². The average molecular weight is 344 g/mol. The first-order valence-corrected chi connectivity index (χ1v) is 8.45. The van der Waals surface area contributed by atoms with Crippen LogP contribution in [0, 0.1) is 0 Å². The van der Waals surface area contributed by atoms with Crippen molar-refractivity contribution in [2.75, 3.05) is 18.1 Å². The summed E-state index contributed by atoms with van der Waals surface area (Å²) in [4.78, 5) is 38.1. The lowest BCUT2D eigenvalue weighted by Crippen LogP contribution is -2.30. The summed E-state index contributed by atoms with van der Waals surface area (Å²) in [6.07, 6.45) is 0.770. The molecule has 8 heteroatoms. The Morgan fingerprint density at radius 3 is 2.46 bits per heavy atom. The van der Waals surface area contributed by atoms with E-state index in [9.17, 15) is 9.59 Å². The number of nitrogens with zero attached hydrogens (tertiary/aromatic N) is 3. The molecule has 0 atom stereocenters. The van der Waals surface area contributed by atoms with E-state index < -0.39 is 11.8 Å². The minimum absolute atomic E-state index is 0.176. The lowest BCUT2D eigenvalue weighted by molar-refractivity contribution is -0.0853. The van der Waals surface area contributed by atoms with Crippen molar-refractivity contribution in [3.05, 3.63) is 47.2 Å². The Labute approximate surface area is 143 Å². The van der Waals surface area contributed by atoms with Gasteiger partial charge in [-0.1, -0.05) is 30.8 Å². The number of aromatic nitrogens is 2. The van der Waals surface area contributed by atoms with Gasteiger partial charge in [-0.05, 0) is 18.6 Å². The van der Waals surface area contributed by atoms with E-state index >= 15 is 0 Å². The van der Waals surface area contributed by atoms with E-state index in [1.165, 1.54) is 11.8 Å². The third-order valence-electron chi connectivity index (χ3n) is 3.43. The van der Waals surface area contributed by atoms with Gasteiger partial charge in [-0.15, -0.1) is 5.06 Å². The van der Waals surface area contributed by atoms with E-state index in [0.717, 1.165) is 17.2 Å². The number of nitrogen functional groups attached to an aromatic ring is 1. The summed E-state index contributed by atoms with van der Waals surface area (Å²) in [5.41, 5.74) is 7.32. The molecule has 3 rings (SSSR count). The first-order valence-electron chi connectivity index (χ1n) is 7.47. The molecule has 1 aliphatic rings. The van der Waals surface area contributed by atoms with Crippen LogP contribution in [0.5, 0.6) is 0 Å². The number of nitrogens with two attached hydrogens (primary N) is 1. The second-order valence-corrected chi connectivity index (χ2v) is 6.11.